The molecule has 1 N–H and O–H groups in total. The van der Waals surface area contributed by atoms with Gasteiger partial charge in [0, 0.05) is 27.7 Å². The summed E-state index contributed by atoms with van der Waals surface area (Å²) < 4.78 is 55.6. The molecule has 0 bridgehead atoms. The first-order chi connectivity index (χ1) is 14.9. The van der Waals surface area contributed by atoms with E-state index in [0.717, 1.165) is 0 Å². The number of alkyl halides is 3. The Morgan fingerprint density at radius 1 is 1.12 bits per heavy atom. The molecule has 1 unspecified atom stereocenters. The molecule has 0 aliphatic carbocycles. The minimum absolute atomic E-state index is 0.0260. The highest BCUT2D eigenvalue weighted by molar-refractivity contribution is 9.10. The van der Waals surface area contributed by atoms with Gasteiger partial charge in [0.2, 0.25) is 6.79 Å². The fraction of sp³-hybridized carbons (Fsp3) is 0.348. The molecular weight excluding hydrogens is 491 g/mol. The molecule has 0 spiro atoms. The third-order valence-electron chi connectivity index (χ3n) is 5.75. The number of hydrogen-bond acceptors (Lipinski definition) is 4. The highest BCUT2D eigenvalue weighted by atomic mass is 79.9. The fourth-order valence-corrected chi connectivity index (χ4v) is 4.67. The van der Waals surface area contributed by atoms with Crippen LogP contribution in [0.15, 0.2) is 57.9 Å². The van der Waals surface area contributed by atoms with E-state index in [-0.39, 0.29) is 17.6 Å². The van der Waals surface area contributed by atoms with E-state index < -0.39 is 30.2 Å². The molecule has 0 fully saturated rings. The highest BCUT2D eigenvalue weighted by Gasteiger charge is 2.56. The lowest BCUT2D eigenvalue weighted by Crippen LogP contribution is -2.52. The number of benzene rings is 2. The van der Waals surface area contributed by atoms with Gasteiger partial charge in [0.25, 0.3) is 0 Å². The lowest BCUT2D eigenvalue weighted by molar-refractivity contribution is -0.271. The topological polar surface area (TPSA) is 60.7 Å². The van der Waals surface area contributed by atoms with Gasteiger partial charge < -0.3 is 19.1 Å². The second-order valence-electron chi connectivity index (χ2n) is 8.60. The lowest BCUT2D eigenvalue weighted by atomic mass is 9.74. The van der Waals surface area contributed by atoms with E-state index in [1.165, 1.54) is 16.8 Å². The maximum atomic E-state index is 14.3. The molecule has 1 aromatic heterocycles. The molecular formula is C23H21BrF3NO4. The number of rotatable bonds is 5. The summed E-state index contributed by atoms with van der Waals surface area (Å²) in [6.45, 7) is 2.45. The van der Waals surface area contributed by atoms with Crippen molar-refractivity contribution in [1.29, 1.82) is 0 Å². The van der Waals surface area contributed by atoms with Crippen molar-refractivity contribution >= 4 is 26.8 Å². The summed E-state index contributed by atoms with van der Waals surface area (Å²) in [5, 5.41) is 11.3. The molecule has 0 saturated carbocycles. The van der Waals surface area contributed by atoms with Crippen LogP contribution in [0.1, 0.15) is 25.8 Å². The van der Waals surface area contributed by atoms with Crippen molar-refractivity contribution in [2.75, 3.05) is 6.79 Å². The first-order valence-corrected chi connectivity index (χ1v) is 10.7. The summed E-state index contributed by atoms with van der Waals surface area (Å²) >= 11 is 3.36. The average molecular weight is 512 g/mol. The predicted molar refractivity (Wildman–Crippen MR) is 117 cm³/mol. The Kier molecular flexibility index (Phi) is 5.53. The Labute approximate surface area is 190 Å². The number of aromatic nitrogens is 1. The summed E-state index contributed by atoms with van der Waals surface area (Å²) in [6.07, 6.45) is -4.29. The molecule has 32 heavy (non-hydrogen) atoms. The van der Waals surface area contributed by atoms with Crippen LogP contribution >= 0.6 is 15.9 Å². The maximum absolute atomic E-state index is 14.3. The van der Waals surface area contributed by atoms with Gasteiger partial charge in [0.1, 0.15) is 0 Å². The molecule has 4 rings (SSSR count). The second kappa shape index (κ2) is 7.81. The van der Waals surface area contributed by atoms with Crippen molar-refractivity contribution in [3.63, 3.8) is 0 Å². The fourth-order valence-electron chi connectivity index (χ4n) is 4.23. The van der Waals surface area contributed by atoms with Crippen LogP contribution in [-0.2, 0) is 12.0 Å². The first-order valence-electron chi connectivity index (χ1n) is 9.88. The van der Waals surface area contributed by atoms with Gasteiger partial charge in [-0.2, -0.15) is 13.2 Å². The monoisotopic (exact) mass is 511 g/mol. The summed E-state index contributed by atoms with van der Waals surface area (Å²) in [5.41, 5.74) is -3.70. The van der Waals surface area contributed by atoms with Crippen LogP contribution in [0.2, 0.25) is 0 Å². The number of fused-ring (bicyclic) bond motifs is 2. The molecule has 0 radical (unpaired) electrons. The molecule has 2 heterocycles. The van der Waals surface area contributed by atoms with Gasteiger partial charge in [-0.3, -0.25) is 4.79 Å². The lowest BCUT2D eigenvalue weighted by Gasteiger charge is -2.38. The number of hydrogen-bond donors (Lipinski definition) is 1. The van der Waals surface area contributed by atoms with Crippen LogP contribution in [0.4, 0.5) is 13.2 Å². The summed E-state index contributed by atoms with van der Waals surface area (Å²) in [4.78, 5) is 12.1. The molecule has 9 heteroatoms. The molecule has 170 valence electrons. The average Bonchev–Trinajstić information content (AvgIpc) is 3.16. The van der Waals surface area contributed by atoms with E-state index in [0.29, 0.717) is 27.1 Å². The molecule has 1 atom stereocenters. The van der Waals surface area contributed by atoms with Gasteiger partial charge in [0.15, 0.2) is 22.5 Å². The van der Waals surface area contributed by atoms with Crippen molar-refractivity contribution < 1.29 is 27.8 Å². The maximum Gasteiger partial charge on any atom is 0.418 e. The van der Waals surface area contributed by atoms with Crippen LogP contribution in [0.3, 0.4) is 0 Å². The van der Waals surface area contributed by atoms with Gasteiger partial charge in [-0.1, -0.05) is 41.9 Å². The molecule has 1 aliphatic heterocycles. The predicted octanol–water partition coefficient (Wildman–Crippen LogP) is 5.15. The molecule has 0 amide bonds. The van der Waals surface area contributed by atoms with Crippen LogP contribution in [0.5, 0.6) is 11.5 Å². The quantitative estimate of drug-likeness (QED) is 0.514. The Balaban J connectivity index is 1.77. The van der Waals surface area contributed by atoms with Gasteiger partial charge in [-0.05, 0) is 36.1 Å². The summed E-state index contributed by atoms with van der Waals surface area (Å²) in [7, 11) is 0. The van der Waals surface area contributed by atoms with Crippen molar-refractivity contribution in [3.8, 4) is 11.5 Å². The second-order valence-corrected chi connectivity index (χ2v) is 9.52. The Morgan fingerprint density at radius 3 is 2.56 bits per heavy atom. The van der Waals surface area contributed by atoms with Gasteiger partial charge >= 0.3 is 6.18 Å². The van der Waals surface area contributed by atoms with Crippen molar-refractivity contribution in [2.45, 2.75) is 44.0 Å². The van der Waals surface area contributed by atoms with E-state index >= 15 is 0 Å². The minimum atomic E-state index is -4.93. The van der Waals surface area contributed by atoms with Crippen molar-refractivity contribution in [2.24, 2.45) is 0 Å². The van der Waals surface area contributed by atoms with E-state index in [1.807, 2.05) is 0 Å². The zero-order chi connectivity index (χ0) is 23.3. The largest absolute Gasteiger partial charge is 0.454 e. The van der Waals surface area contributed by atoms with Crippen molar-refractivity contribution in [1.82, 2.24) is 4.57 Å². The van der Waals surface area contributed by atoms with Crippen LogP contribution < -0.4 is 14.9 Å². The molecule has 5 nitrogen and oxygen atoms in total. The van der Waals surface area contributed by atoms with Crippen LogP contribution in [-0.4, -0.2) is 28.2 Å². The number of pyridine rings is 1. The van der Waals surface area contributed by atoms with E-state index in [9.17, 15) is 23.1 Å². The zero-order valence-electron chi connectivity index (χ0n) is 17.4. The standard InChI is InChI=1S/C23H21BrF3NO4/c1-21(2,16-9-14(24)10-19-20(16)32-13-31-19)11-22(30,23(25,26)27)12-28-8-7-18(29)15-5-3-4-6-17(15)28/h3-10,30H,11-13H2,1-2H3. The molecule has 2 aromatic carbocycles. The summed E-state index contributed by atoms with van der Waals surface area (Å²) in [5.74, 6) is 0.806. The smallest absolute Gasteiger partial charge is 0.418 e. The van der Waals surface area contributed by atoms with E-state index in [4.69, 9.17) is 9.47 Å². The first kappa shape index (κ1) is 22.7. The molecule has 1 aliphatic rings. The van der Waals surface area contributed by atoms with Crippen LogP contribution in [0.25, 0.3) is 10.9 Å². The van der Waals surface area contributed by atoms with Gasteiger partial charge in [-0.25, -0.2) is 0 Å². The molecule has 0 saturated heterocycles. The van der Waals surface area contributed by atoms with Gasteiger partial charge in [-0.15, -0.1) is 0 Å². The Morgan fingerprint density at radius 2 is 1.84 bits per heavy atom. The van der Waals surface area contributed by atoms with Crippen molar-refractivity contribution in [3.05, 3.63) is 68.9 Å². The third-order valence-corrected chi connectivity index (χ3v) is 6.20. The Bertz CT molecular complexity index is 1240. The SMILES string of the molecule is CC(C)(CC(O)(Cn1ccc(=O)c2ccccc21)C(F)(F)F)c1cc(Br)cc2c1OCO2. The summed E-state index contributed by atoms with van der Waals surface area (Å²) in [6, 6.07) is 11.0. The minimum Gasteiger partial charge on any atom is -0.454 e. The molecule has 3 aromatic rings. The number of ether oxygens (including phenoxy) is 2. The number of halogens is 4. The van der Waals surface area contributed by atoms with Gasteiger partial charge in [0.05, 0.1) is 12.1 Å². The zero-order valence-corrected chi connectivity index (χ0v) is 19.0. The number of para-hydroxylation sites is 1. The van der Waals surface area contributed by atoms with E-state index in [1.54, 1.807) is 50.2 Å². The van der Waals surface area contributed by atoms with E-state index in [2.05, 4.69) is 15.9 Å². The number of aliphatic hydroxyl groups is 1. The Hall–Kier alpha value is -2.52. The third kappa shape index (κ3) is 3.99. The van der Waals surface area contributed by atoms with Crippen LogP contribution in [0, 0.1) is 0 Å². The number of nitrogens with zero attached hydrogens (tertiary/aromatic N) is 1. The highest BCUT2D eigenvalue weighted by Crippen LogP contribution is 2.49. The normalized spacial score (nSPS) is 15.7.